The number of rotatable bonds is 26. The number of ether oxygens (including phenoxy) is 9. The number of carboxylic acids is 1. The van der Waals surface area contributed by atoms with Crippen molar-refractivity contribution in [3.8, 4) is 0 Å². The SMILES string of the molecule is C.CC(=O)CC(C)=O.CC(=O)C[C@H]1C([C@H](O)[C@H](O)CO)O[C@@](F)(C(=O)O)C(F)[C@H]1NC(C)=O.CC[C@@H](OC(C)=O)[C@@H](OC(C)=O)C1O[C@@](F)(C(=O)OC)C(F)[C@@H](N)[C@H]1CC(C)=O.CC[C@@H](OC(C)=O)[C@@H](OC(C)=O)C1O[C@@](F)(C(=O)OC)C(F)[C@@H](NC(C)=O)[C@H]1CC(C)=O.C[O-].[Na+]. The molecular weight excluding hydrogens is 1340 g/mol. The van der Waals surface area contributed by atoms with Crippen LogP contribution in [-0.4, -0.2) is 240 Å². The molecule has 0 radical (unpaired) electrons. The second-order valence-corrected chi connectivity index (χ2v) is 22.0. The van der Waals surface area contributed by atoms with Gasteiger partial charge in [0.15, 0.2) is 30.7 Å². The number of alkyl halides is 6. The fraction of sp³-hybridized carbons (Fsp3) is 0.763. The van der Waals surface area contributed by atoms with Crippen molar-refractivity contribution in [1.82, 2.24) is 10.6 Å². The summed E-state index contributed by atoms with van der Waals surface area (Å²) >= 11 is 0. The summed E-state index contributed by atoms with van der Waals surface area (Å²) in [4.78, 5) is 160. The average Bonchev–Trinajstić information content (AvgIpc) is 0.766. The van der Waals surface area contributed by atoms with E-state index in [2.05, 4.69) is 19.5 Å². The van der Waals surface area contributed by atoms with Crippen molar-refractivity contribution in [2.24, 2.45) is 23.5 Å². The molecule has 0 aliphatic carbocycles. The number of ketones is 5. The standard InChI is InChI=1S/C20H29F2NO9.C18H27F2NO8.C14H21F2NO8.C5H8O2.CH3O.CH4.Na/c1-7-14(30-11(4)26)17(31-12(5)27)16-13(8-9(2)24)15(23-10(3)25)18(21)20(22,32-16)19(28)29-6;1-6-12(27-9(3)23)15(28-10(4)24)14-11(7-8(2)22)13(21)16(19)18(20,29-14)17(25)26-5;1-5(19)3-7-9(17-6(2)20)12(15)14(16,13(23)24)25-11(7)10(22)8(21)4-18;1-4(6)3-5(2)7;1-2;;/h13-18H,7-8H2,1-6H3,(H,23,25);11-16H,6-7,21H2,1-5H3;7-12,18,21-22H,3-4H2,1-2H3,(H,17,20)(H,23,24);3H2,1-2H3;1H3;1H4;/q;;;;-1;;+1/t13-,14-,15+,16?,17-,18?,20-;11-,12-,13+,14?,15-,16?,18-;7-,8-,9+,10-,11?,12?,14-;;;;/m111..../s1. The molecule has 6 unspecified atom stereocenters. The molecule has 3 rings (SSSR count). The van der Waals surface area contributed by atoms with Gasteiger partial charge in [-0.2, -0.15) is 20.3 Å². The predicted molar refractivity (Wildman–Crippen MR) is 313 cm³/mol. The number of nitrogens with two attached hydrogens (primary N) is 1. The first kappa shape index (κ1) is 97.2. The summed E-state index contributed by atoms with van der Waals surface area (Å²) in [6.45, 7) is 14.8. The minimum absolute atomic E-state index is 0. The topological polar surface area (TPSA) is 476 Å². The van der Waals surface area contributed by atoms with E-state index in [4.69, 9.17) is 49.5 Å². The van der Waals surface area contributed by atoms with Crippen molar-refractivity contribution < 1.29 is 191 Å². The van der Waals surface area contributed by atoms with E-state index >= 15 is 13.2 Å². The molecule has 0 spiro atoms. The van der Waals surface area contributed by atoms with Gasteiger partial charge in [-0.25, -0.2) is 27.6 Å². The molecule has 97 heavy (non-hydrogen) atoms. The van der Waals surface area contributed by atoms with Crippen LogP contribution in [0.15, 0.2) is 0 Å². The van der Waals surface area contributed by atoms with E-state index < -0.39 is 217 Å². The zero-order chi connectivity index (χ0) is 74.7. The first-order valence-electron chi connectivity index (χ1n) is 29.0. The maximum Gasteiger partial charge on any atom is 1.00 e. The number of esters is 6. The molecule has 38 heteroatoms. The minimum Gasteiger partial charge on any atom is -0.857 e. The van der Waals surface area contributed by atoms with Crippen molar-refractivity contribution in [2.45, 2.75) is 245 Å². The number of carbonyl (C=O) groups is 14. The number of hydrogen-bond acceptors (Lipinski definition) is 28. The van der Waals surface area contributed by atoms with E-state index in [0.29, 0.717) is 0 Å². The van der Waals surface area contributed by atoms with Crippen LogP contribution >= 0.6 is 0 Å². The molecule has 3 fully saturated rings. The number of hydrogen-bond donors (Lipinski definition) is 7. The van der Waals surface area contributed by atoms with Gasteiger partial charge in [-0.3, -0.25) is 38.4 Å². The number of methoxy groups -OCH3 is 2. The van der Waals surface area contributed by atoms with Crippen LogP contribution in [-0.2, 0) is 110 Å². The van der Waals surface area contributed by atoms with Gasteiger partial charge in [0.1, 0.15) is 65.5 Å². The van der Waals surface area contributed by atoms with E-state index in [-0.39, 0.29) is 74.2 Å². The molecule has 2 amide bonds. The third kappa shape index (κ3) is 28.9. The molecule has 31 nitrogen and oxygen atoms in total. The Morgan fingerprint density at radius 2 is 0.814 bits per heavy atom. The Labute approximate surface area is 578 Å². The molecule has 0 bridgehead atoms. The van der Waals surface area contributed by atoms with E-state index in [1.54, 1.807) is 13.8 Å². The first-order valence-corrected chi connectivity index (χ1v) is 29.0. The van der Waals surface area contributed by atoms with Gasteiger partial charge in [0.25, 0.3) is 0 Å². The van der Waals surface area contributed by atoms with Crippen LogP contribution in [0.3, 0.4) is 0 Å². The van der Waals surface area contributed by atoms with Crippen LogP contribution in [0.4, 0.5) is 26.3 Å². The smallest absolute Gasteiger partial charge is 0.857 e. The van der Waals surface area contributed by atoms with Gasteiger partial charge < -0.3 is 98.9 Å². The second-order valence-electron chi connectivity index (χ2n) is 22.0. The molecule has 0 aromatic rings. The van der Waals surface area contributed by atoms with Crippen molar-refractivity contribution in [2.75, 3.05) is 27.9 Å². The largest absolute Gasteiger partial charge is 1.00 e. The van der Waals surface area contributed by atoms with E-state index in [1.807, 2.05) is 5.32 Å². The Kier molecular flexibility index (Phi) is 44.9. The Morgan fingerprint density at radius 1 is 0.515 bits per heavy atom. The summed E-state index contributed by atoms with van der Waals surface area (Å²) in [5.41, 5.74) is 5.84. The number of aliphatic hydroxyl groups excluding tert-OH is 3. The number of halogens is 6. The van der Waals surface area contributed by atoms with Gasteiger partial charge in [-0.15, -0.1) is 0 Å². The summed E-state index contributed by atoms with van der Waals surface area (Å²) in [5, 5.41) is 50.0. The van der Waals surface area contributed by atoms with Gasteiger partial charge in [0.05, 0.1) is 45.4 Å². The van der Waals surface area contributed by atoms with E-state index in [9.17, 15) is 90.5 Å². The molecule has 21 atom stereocenters. The molecule has 0 aromatic carbocycles. The molecular formula is C59H92F6N3NaO28. The summed E-state index contributed by atoms with van der Waals surface area (Å²) in [6, 6.07) is -5.22. The molecule has 8 N–H and O–H groups in total. The molecule has 554 valence electrons. The second kappa shape index (κ2) is 44.8. The van der Waals surface area contributed by atoms with Crippen LogP contribution in [0.2, 0.25) is 0 Å². The fourth-order valence-corrected chi connectivity index (χ4v) is 10.3. The minimum atomic E-state index is -3.93. The quantitative estimate of drug-likeness (QED) is 0.0151. The van der Waals surface area contributed by atoms with Gasteiger partial charge in [-0.05, 0) is 47.5 Å². The third-order valence-corrected chi connectivity index (χ3v) is 14.0. The van der Waals surface area contributed by atoms with Gasteiger partial charge in [0, 0.05) is 84.6 Å². The number of aliphatic carboxylic acids is 1. The predicted octanol–water partition coefficient (Wildman–Crippen LogP) is -2.85. The fourth-order valence-electron chi connectivity index (χ4n) is 10.3. The van der Waals surface area contributed by atoms with Crippen molar-refractivity contribution in [3.63, 3.8) is 0 Å². The Bertz CT molecular complexity index is 2640. The molecule has 0 aromatic heterocycles. The normalized spacial score (nSPS) is 28.6. The van der Waals surface area contributed by atoms with Crippen LogP contribution < -0.4 is 51.0 Å². The van der Waals surface area contributed by atoms with Crippen LogP contribution in [0.5, 0.6) is 0 Å². The Hall–Kier alpha value is -6.16. The Morgan fingerprint density at radius 3 is 1.08 bits per heavy atom. The zero-order valence-corrected chi connectivity index (χ0v) is 58.3. The number of carbonyl (C=O) groups excluding carboxylic acids is 13. The number of aliphatic hydroxyl groups is 3. The van der Waals surface area contributed by atoms with Crippen molar-refractivity contribution in [1.29, 1.82) is 0 Å². The number of Topliss-reactive ketones (excluding diaryl/α,β-unsaturated/α-hetero) is 5. The zero-order valence-electron chi connectivity index (χ0n) is 56.3. The molecule has 3 aliphatic heterocycles. The number of amides is 2. The van der Waals surface area contributed by atoms with Gasteiger partial charge in [-0.1, -0.05) is 21.3 Å². The summed E-state index contributed by atoms with van der Waals surface area (Å²) < 4.78 is 134. The van der Waals surface area contributed by atoms with E-state index in [0.717, 1.165) is 69.8 Å². The van der Waals surface area contributed by atoms with Gasteiger partial charge >= 0.3 is 88.9 Å². The summed E-state index contributed by atoms with van der Waals surface area (Å²) in [7, 11) is 2.39. The van der Waals surface area contributed by atoms with Crippen molar-refractivity contribution >= 4 is 82.5 Å². The molecule has 3 saturated heterocycles. The molecule has 3 heterocycles. The van der Waals surface area contributed by atoms with Crippen LogP contribution in [0, 0.1) is 17.8 Å². The van der Waals surface area contributed by atoms with Crippen molar-refractivity contribution in [3.05, 3.63) is 0 Å². The first-order chi connectivity index (χ1) is 43.7. The molecule has 3 aliphatic rings. The monoisotopic (exact) mass is 1430 g/mol. The van der Waals surface area contributed by atoms with E-state index in [1.165, 1.54) is 27.7 Å². The maximum absolute atomic E-state index is 15.6. The summed E-state index contributed by atoms with van der Waals surface area (Å²) in [6.07, 6.45) is -23.6. The van der Waals surface area contributed by atoms with Gasteiger partial charge in [0.2, 0.25) is 11.8 Å². The maximum atomic E-state index is 15.6. The molecule has 0 saturated carbocycles. The number of nitrogens with one attached hydrogen (secondary N) is 2. The Balaban J connectivity index is -0.000000625. The van der Waals surface area contributed by atoms with Crippen LogP contribution in [0.25, 0.3) is 0 Å². The number of carboxylic acid groups (broad SMARTS) is 1. The van der Waals surface area contributed by atoms with Crippen LogP contribution in [0.1, 0.15) is 136 Å². The average molecular weight is 1430 g/mol. The summed E-state index contributed by atoms with van der Waals surface area (Å²) in [5.74, 6) is -27.1. The third-order valence-electron chi connectivity index (χ3n) is 14.0.